The predicted molar refractivity (Wildman–Crippen MR) is 55.5 cm³/mol. The minimum absolute atomic E-state index is 0.0191. The number of nitrogens with two attached hydrogens (primary N) is 1. The van der Waals surface area contributed by atoms with Crippen molar-refractivity contribution in [2.75, 3.05) is 6.54 Å². The molecule has 2 N–H and O–H groups in total. The van der Waals surface area contributed by atoms with Gasteiger partial charge in [0.25, 0.3) is 0 Å². The van der Waals surface area contributed by atoms with Crippen molar-refractivity contribution in [2.45, 2.75) is 31.1 Å². The van der Waals surface area contributed by atoms with Crippen molar-refractivity contribution in [1.82, 2.24) is 0 Å². The molecule has 0 aliphatic heterocycles. The van der Waals surface area contributed by atoms with E-state index in [2.05, 4.69) is 0 Å². The number of halogens is 3. The Bertz CT molecular complexity index is 376. The first-order valence-corrected chi connectivity index (χ1v) is 5.44. The maximum atomic E-state index is 13.6. The molecular formula is C12H14F3N. The van der Waals surface area contributed by atoms with E-state index >= 15 is 0 Å². The Kier molecular flexibility index (Phi) is 2.93. The van der Waals surface area contributed by atoms with Crippen LogP contribution in [0, 0.1) is 17.5 Å². The van der Waals surface area contributed by atoms with Gasteiger partial charge in [0.1, 0.15) is 17.5 Å². The molecule has 1 nitrogen and oxygen atoms in total. The van der Waals surface area contributed by atoms with Gasteiger partial charge in [-0.1, -0.05) is 6.42 Å². The third-order valence-corrected chi connectivity index (χ3v) is 3.47. The average molecular weight is 229 g/mol. The van der Waals surface area contributed by atoms with E-state index in [0.29, 0.717) is 13.0 Å². The fraction of sp³-hybridized carbons (Fsp3) is 0.500. The topological polar surface area (TPSA) is 26.0 Å². The second kappa shape index (κ2) is 4.09. The monoisotopic (exact) mass is 229 g/mol. The van der Waals surface area contributed by atoms with E-state index in [-0.39, 0.29) is 5.56 Å². The predicted octanol–water partition coefficient (Wildman–Crippen LogP) is 2.87. The summed E-state index contributed by atoms with van der Waals surface area (Å²) >= 11 is 0. The first-order valence-electron chi connectivity index (χ1n) is 5.44. The van der Waals surface area contributed by atoms with Crippen molar-refractivity contribution < 1.29 is 13.2 Å². The normalized spacial score (nSPS) is 18.2. The zero-order valence-corrected chi connectivity index (χ0v) is 8.90. The lowest BCUT2D eigenvalue weighted by atomic mass is 9.62. The Hall–Kier alpha value is -1.03. The molecule has 2 rings (SSSR count). The Morgan fingerprint density at radius 1 is 1.12 bits per heavy atom. The first-order chi connectivity index (χ1) is 7.59. The van der Waals surface area contributed by atoms with Gasteiger partial charge in [-0.05, 0) is 25.8 Å². The molecule has 0 atom stereocenters. The van der Waals surface area contributed by atoms with Gasteiger partial charge in [0.05, 0.1) is 0 Å². The van der Waals surface area contributed by atoms with Crippen molar-refractivity contribution in [2.24, 2.45) is 5.73 Å². The van der Waals surface area contributed by atoms with Crippen LogP contribution in [0.3, 0.4) is 0 Å². The highest BCUT2D eigenvalue weighted by Crippen LogP contribution is 2.48. The van der Waals surface area contributed by atoms with Crippen molar-refractivity contribution in [1.29, 1.82) is 0 Å². The molecular weight excluding hydrogens is 215 g/mol. The highest BCUT2D eigenvalue weighted by molar-refractivity contribution is 5.31. The lowest BCUT2D eigenvalue weighted by Crippen LogP contribution is -2.38. The number of hydrogen-bond acceptors (Lipinski definition) is 1. The smallest absolute Gasteiger partial charge is 0.132 e. The maximum absolute atomic E-state index is 13.6. The Labute approximate surface area is 92.5 Å². The molecule has 1 aromatic carbocycles. The molecule has 0 spiro atoms. The van der Waals surface area contributed by atoms with E-state index in [1.807, 2.05) is 0 Å². The number of rotatable bonds is 3. The summed E-state index contributed by atoms with van der Waals surface area (Å²) in [6.45, 7) is 0.385. The highest BCUT2D eigenvalue weighted by atomic mass is 19.1. The van der Waals surface area contributed by atoms with Gasteiger partial charge >= 0.3 is 0 Å². The summed E-state index contributed by atoms with van der Waals surface area (Å²) in [6.07, 6.45) is 2.94. The van der Waals surface area contributed by atoms with Crippen LogP contribution in [0.4, 0.5) is 13.2 Å². The van der Waals surface area contributed by atoms with E-state index in [0.717, 1.165) is 31.4 Å². The third kappa shape index (κ3) is 1.71. The van der Waals surface area contributed by atoms with Gasteiger partial charge in [-0.2, -0.15) is 0 Å². The van der Waals surface area contributed by atoms with Crippen molar-refractivity contribution in [3.63, 3.8) is 0 Å². The van der Waals surface area contributed by atoms with Gasteiger partial charge in [-0.3, -0.25) is 0 Å². The third-order valence-electron chi connectivity index (χ3n) is 3.47. The maximum Gasteiger partial charge on any atom is 0.132 e. The zero-order chi connectivity index (χ0) is 11.8. The van der Waals surface area contributed by atoms with Gasteiger partial charge < -0.3 is 5.73 Å². The second-order valence-electron chi connectivity index (χ2n) is 4.42. The van der Waals surface area contributed by atoms with Crippen LogP contribution in [-0.2, 0) is 5.41 Å². The van der Waals surface area contributed by atoms with Crippen molar-refractivity contribution in [3.8, 4) is 0 Å². The summed E-state index contributed by atoms with van der Waals surface area (Å²) in [6, 6.07) is 1.49. The molecule has 0 amide bonds. The largest absolute Gasteiger partial charge is 0.330 e. The molecule has 16 heavy (non-hydrogen) atoms. The molecule has 1 aliphatic rings. The molecule has 1 saturated carbocycles. The molecule has 0 unspecified atom stereocenters. The zero-order valence-electron chi connectivity index (χ0n) is 8.90. The van der Waals surface area contributed by atoms with Gasteiger partial charge in [0, 0.05) is 23.1 Å². The molecule has 0 heterocycles. The van der Waals surface area contributed by atoms with E-state index < -0.39 is 22.9 Å². The lowest BCUT2D eigenvalue weighted by molar-refractivity contribution is 0.213. The molecule has 0 radical (unpaired) electrons. The van der Waals surface area contributed by atoms with E-state index in [1.54, 1.807) is 0 Å². The van der Waals surface area contributed by atoms with Gasteiger partial charge in [0.2, 0.25) is 0 Å². The van der Waals surface area contributed by atoms with Crippen LogP contribution in [0.2, 0.25) is 0 Å². The standard InChI is InChI=1S/C12H14F3N/c13-8-6-9(14)11(10(15)7-8)12(4-5-16)2-1-3-12/h6-7H,1-5,16H2. The molecule has 0 saturated heterocycles. The second-order valence-corrected chi connectivity index (χ2v) is 4.42. The molecule has 0 aromatic heterocycles. The Morgan fingerprint density at radius 2 is 1.69 bits per heavy atom. The number of benzene rings is 1. The summed E-state index contributed by atoms with van der Waals surface area (Å²) in [5.41, 5.74) is 4.99. The summed E-state index contributed by atoms with van der Waals surface area (Å²) < 4.78 is 40.1. The lowest BCUT2D eigenvalue weighted by Gasteiger charge is -2.42. The van der Waals surface area contributed by atoms with Gasteiger partial charge in [-0.25, -0.2) is 13.2 Å². The Balaban J connectivity index is 2.46. The van der Waals surface area contributed by atoms with E-state index in [4.69, 9.17) is 5.73 Å². The first kappa shape index (κ1) is 11.5. The summed E-state index contributed by atoms with van der Waals surface area (Å²) in [5, 5.41) is 0. The van der Waals surface area contributed by atoms with E-state index in [1.165, 1.54) is 0 Å². The van der Waals surface area contributed by atoms with Gasteiger partial charge in [0.15, 0.2) is 0 Å². The van der Waals surface area contributed by atoms with Crippen molar-refractivity contribution >= 4 is 0 Å². The minimum Gasteiger partial charge on any atom is -0.330 e. The molecule has 88 valence electrons. The quantitative estimate of drug-likeness (QED) is 0.847. The van der Waals surface area contributed by atoms with Crippen LogP contribution in [0.1, 0.15) is 31.2 Å². The summed E-state index contributed by atoms with van der Waals surface area (Å²) in [5.74, 6) is -2.45. The SMILES string of the molecule is NCCC1(c2c(F)cc(F)cc2F)CCC1. The fourth-order valence-corrected chi connectivity index (χ4v) is 2.55. The molecule has 1 aromatic rings. The number of hydrogen-bond donors (Lipinski definition) is 1. The van der Waals surface area contributed by atoms with Crippen LogP contribution in [0.5, 0.6) is 0 Å². The van der Waals surface area contributed by atoms with Crippen LogP contribution in [0.15, 0.2) is 12.1 Å². The Morgan fingerprint density at radius 3 is 2.06 bits per heavy atom. The summed E-state index contributed by atoms with van der Waals surface area (Å²) in [4.78, 5) is 0. The summed E-state index contributed by atoms with van der Waals surface area (Å²) in [7, 11) is 0. The van der Waals surface area contributed by atoms with Crippen LogP contribution >= 0.6 is 0 Å². The van der Waals surface area contributed by atoms with E-state index in [9.17, 15) is 13.2 Å². The van der Waals surface area contributed by atoms with Crippen LogP contribution in [-0.4, -0.2) is 6.54 Å². The molecule has 1 fully saturated rings. The molecule has 0 bridgehead atoms. The average Bonchev–Trinajstić information content (AvgIpc) is 2.12. The van der Waals surface area contributed by atoms with Crippen LogP contribution in [0.25, 0.3) is 0 Å². The van der Waals surface area contributed by atoms with Crippen molar-refractivity contribution in [3.05, 3.63) is 35.1 Å². The van der Waals surface area contributed by atoms with Gasteiger partial charge in [-0.15, -0.1) is 0 Å². The fourth-order valence-electron chi connectivity index (χ4n) is 2.55. The minimum atomic E-state index is -0.874. The highest BCUT2D eigenvalue weighted by Gasteiger charge is 2.42. The molecule has 1 aliphatic carbocycles. The van der Waals surface area contributed by atoms with Crippen LogP contribution < -0.4 is 5.73 Å². The molecule has 4 heteroatoms.